The molecule has 0 saturated carbocycles. The molecule has 0 aromatic carbocycles. The van der Waals surface area contributed by atoms with Gasteiger partial charge in [0.2, 0.25) is 5.91 Å². The van der Waals surface area contributed by atoms with Gasteiger partial charge >= 0.3 is 7.12 Å². The van der Waals surface area contributed by atoms with E-state index in [1.165, 1.54) is 6.92 Å². The first kappa shape index (κ1) is 16.3. The molecule has 1 fully saturated rings. The van der Waals surface area contributed by atoms with Crippen molar-refractivity contribution >= 4 is 24.5 Å². The van der Waals surface area contributed by atoms with Gasteiger partial charge in [-0.05, 0) is 39.3 Å². The summed E-state index contributed by atoms with van der Waals surface area (Å²) in [6.45, 7) is 10.5. The lowest BCUT2D eigenvalue weighted by Crippen LogP contribution is -2.41. The average Bonchev–Trinajstić information content (AvgIpc) is 2.83. The number of nitrogens with zero attached hydrogens (tertiary/aromatic N) is 2. The second-order valence-corrected chi connectivity index (χ2v) is 7.42. The van der Waals surface area contributed by atoms with Crippen LogP contribution in [0, 0.1) is 0 Å². The van der Waals surface area contributed by atoms with Gasteiger partial charge in [-0.1, -0.05) is 0 Å². The topological polar surface area (TPSA) is 63.7 Å². The first-order valence-electron chi connectivity index (χ1n) is 7.95. The van der Waals surface area contributed by atoms with Crippen LogP contribution in [0.1, 0.15) is 46.0 Å². The minimum atomic E-state index is -0.355. The maximum absolute atomic E-state index is 11.3. The number of amides is 1. The molecule has 0 bridgehead atoms. The monoisotopic (exact) mass is 317 g/mol. The summed E-state index contributed by atoms with van der Waals surface area (Å²) in [4.78, 5) is 17.7. The van der Waals surface area contributed by atoms with Gasteiger partial charge in [0.15, 0.2) is 0 Å². The van der Waals surface area contributed by atoms with E-state index >= 15 is 0 Å². The number of hydrogen-bond donors (Lipinski definition) is 1. The van der Waals surface area contributed by atoms with E-state index in [0.717, 1.165) is 17.8 Å². The van der Waals surface area contributed by atoms with Crippen molar-refractivity contribution < 1.29 is 14.1 Å². The Hall–Kier alpha value is -1.60. The number of rotatable bonds is 2. The fourth-order valence-corrected chi connectivity index (χ4v) is 3.11. The first-order valence-corrected chi connectivity index (χ1v) is 7.95. The third-order valence-corrected chi connectivity index (χ3v) is 5.10. The molecule has 23 heavy (non-hydrogen) atoms. The lowest BCUT2D eigenvalue weighted by molar-refractivity contribution is -0.114. The van der Waals surface area contributed by atoms with Crippen molar-refractivity contribution in [2.75, 3.05) is 23.8 Å². The van der Waals surface area contributed by atoms with E-state index in [1.54, 1.807) is 6.20 Å². The van der Waals surface area contributed by atoms with Crippen molar-refractivity contribution in [2.24, 2.45) is 0 Å². The van der Waals surface area contributed by atoms with Crippen LogP contribution in [0.3, 0.4) is 0 Å². The van der Waals surface area contributed by atoms with Crippen LogP contribution in [-0.2, 0) is 14.1 Å². The van der Waals surface area contributed by atoms with Gasteiger partial charge in [-0.3, -0.25) is 4.79 Å². The van der Waals surface area contributed by atoms with Crippen LogP contribution in [0.5, 0.6) is 0 Å². The predicted octanol–water partition coefficient (Wildman–Crippen LogP) is 2.20. The Balaban J connectivity index is 1.92. The van der Waals surface area contributed by atoms with Crippen LogP contribution >= 0.6 is 0 Å². The summed E-state index contributed by atoms with van der Waals surface area (Å²) < 4.78 is 12.4. The Morgan fingerprint density at radius 1 is 1.35 bits per heavy atom. The molecule has 1 saturated heterocycles. The van der Waals surface area contributed by atoms with Crippen molar-refractivity contribution in [3.63, 3.8) is 0 Å². The average molecular weight is 317 g/mol. The number of aromatic nitrogens is 1. The first-order chi connectivity index (χ1) is 10.6. The highest BCUT2D eigenvalue weighted by atomic mass is 16.7. The normalized spacial score (nSPS) is 24.7. The number of carbonyl (C=O) groups excluding carboxylic acids is 1. The zero-order valence-corrected chi connectivity index (χ0v) is 14.6. The molecule has 124 valence electrons. The van der Waals surface area contributed by atoms with Gasteiger partial charge in [0.1, 0.15) is 5.82 Å². The molecule has 1 aromatic heterocycles. The van der Waals surface area contributed by atoms with Crippen molar-refractivity contribution in [3.05, 3.63) is 17.8 Å². The summed E-state index contributed by atoms with van der Waals surface area (Å²) in [5.74, 6) is 0.524. The minimum absolute atomic E-state index is 0.0894. The van der Waals surface area contributed by atoms with Crippen LogP contribution in [0.15, 0.2) is 12.3 Å². The van der Waals surface area contributed by atoms with E-state index in [0.29, 0.717) is 5.82 Å². The molecule has 1 amide bonds. The smallest absolute Gasteiger partial charge is 0.403 e. The number of anilines is 2. The van der Waals surface area contributed by atoms with Gasteiger partial charge in [-0.25, -0.2) is 4.98 Å². The van der Waals surface area contributed by atoms with Crippen LogP contribution in [-0.4, -0.2) is 42.8 Å². The maximum Gasteiger partial charge on any atom is 0.467 e. The third kappa shape index (κ3) is 2.72. The van der Waals surface area contributed by atoms with Gasteiger partial charge < -0.3 is 19.5 Å². The molecule has 3 heterocycles. The van der Waals surface area contributed by atoms with E-state index < -0.39 is 0 Å². The number of carbonyl (C=O) groups is 1. The number of likely N-dealkylation sites (N-methyl/N-ethyl adjacent to an activating group) is 1. The SMILES string of the molecule is CC(=O)Nc1cc2c(cn1)N(C)CC2B1OC(C)(C)C(C)(C)O1. The molecule has 2 aliphatic rings. The minimum Gasteiger partial charge on any atom is -0.403 e. The Morgan fingerprint density at radius 3 is 2.52 bits per heavy atom. The van der Waals surface area contributed by atoms with Gasteiger partial charge in [-0.2, -0.15) is 0 Å². The second-order valence-electron chi connectivity index (χ2n) is 7.42. The largest absolute Gasteiger partial charge is 0.467 e. The molecule has 6 nitrogen and oxygen atoms in total. The molecule has 1 aromatic rings. The lowest BCUT2D eigenvalue weighted by Gasteiger charge is -2.32. The Morgan fingerprint density at radius 2 is 1.96 bits per heavy atom. The fourth-order valence-electron chi connectivity index (χ4n) is 3.11. The van der Waals surface area contributed by atoms with Gasteiger partial charge in [0.05, 0.1) is 23.1 Å². The summed E-state index contributed by atoms with van der Waals surface area (Å²) in [7, 11) is 1.72. The number of nitrogens with one attached hydrogen (secondary N) is 1. The van der Waals surface area contributed by atoms with Gasteiger partial charge in [0, 0.05) is 26.3 Å². The van der Waals surface area contributed by atoms with Gasteiger partial charge in [0.25, 0.3) is 0 Å². The summed E-state index contributed by atoms with van der Waals surface area (Å²) >= 11 is 0. The third-order valence-electron chi connectivity index (χ3n) is 5.10. The van der Waals surface area contributed by atoms with Crippen LogP contribution in [0.2, 0.25) is 0 Å². The molecule has 1 unspecified atom stereocenters. The molecule has 0 aliphatic carbocycles. The highest BCUT2D eigenvalue weighted by Crippen LogP contribution is 2.45. The molecular weight excluding hydrogens is 293 g/mol. The molecular formula is C16H24BN3O3. The molecule has 1 atom stereocenters. The number of fused-ring (bicyclic) bond motifs is 1. The quantitative estimate of drug-likeness (QED) is 0.847. The maximum atomic E-state index is 11.3. The molecule has 2 aliphatic heterocycles. The van der Waals surface area contributed by atoms with Crippen molar-refractivity contribution in [1.29, 1.82) is 0 Å². The van der Waals surface area contributed by atoms with E-state index in [-0.39, 0.29) is 30.0 Å². The Kier molecular flexibility index (Phi) is 3.68. The van der Waals surface area contributed by atoms with Crippen molar-refractivity contribution in [1.82, 2.24) is 4.98 Å². The van der Waals surface area contributed by atoms with Crippen LogP contribution < -0.4 is 10.2 Å². The fraction of sp³-hybridized carbons (Fsp3) is 0.625. The molecule has 1 N–H and O–H groups in total. The van der Waals surface area contributed by atoms with Crippen molar-refractivity contribution in [2.45, 2.75) is 51.6 Å². The van der Waals surface area contributed by atoms with Crippen LogP contribution in [0.25, 0.3) is 0 Å². The zero-order chi connectivity index (χ0) is 17.0. The Labute approximate surface area is 137 Å². The highest BCUT2D eigenvalue weighted by molar-refractivity contribution is 6.48. The summed E-state index contributed by atoms with van der Waals surface area (Å²) in [5, 5.41) is 2.74. The Bertz CT molecular complexity index is 631. The summed E-state index contributed by atoms with van der Waals surface area (Å²) in [6.07, 6.45) is 1.80. The molecule has 7 heteroatoms. The predicted molar refractivity (Wildman–Crippen MR) is 90.6 cm³/mol. The van der Waals surface area contributed by atoms with Gasteiger partial charge in [-0.15, -0.1) is 0 Å². The van der Waals surface area contributed by atoms with E-state index in [4.69, 9.17) is 9.31 Å². The highest BCUT2D eigenvalue weighted by Gasteiger charge is 2.55. The van der Waals surface area contributed by atoms with E-state index in [2.05, 4.69) is 42.9 Å². The number of pyridine rings is 1. The summed E-state index contributed by atoms with van der Waals surface area (Å²) in [6, 6.07) is 1.93. The van der Waals surface area contributed by atoms with E-state index in [9.17, 15) is 4.79 Å². The van der Waals surface area contributed by atoms with Crippen molar-refractivity contribution in [3.8, 4) is 0 Å². The van der Waals surface area contributed by atoms with E-state index in [1.807, 2.05) is 13.1 Å². The molecule has 0 radical (unpaired) electrons. The standard InChI is InChI=1S/C16H24BN3O3/c1-10(21)19-14-7-11-12(9-20(6)13(11)8-18-14)17-22-15(2,3)16(4,5)23-17/h7-8,12H,9H2,1-6H3,(H,18,19,21). The second kappa shape index (κ2) is 5.21. The molecule has 0 spiro atoms. The lowest BCUT2D eigenvalue weighted by atomic mass is 9.69. The zero-order valence-electron chi connectivity index (χ0n) is 14.6. The molecule has 3 rings (SSSR count). The van der Waals surface area contributed by atoms with Crippen LogP contribution in [0.4, 0.5) is 11.5 Å². The number of hydrogen-bond acceptors (Lipinski definition) is 5. The summed E-state index contributed by atoms with van der Waals surface area (Å²) in [5.41, 5.74) is 1.45.